The van der Waals surface area contributed by atoms with Gasteiger partial charge in [0.15, 0.2) is 18.3 Å². The molecule has 5 rings (SSSR count). The topological polar surface area (TPSA) is 137 Å². The van der Waals surface area contributed by atoms with Crippen LogP contribution in [0.3, 0.4) is 0 Å². The second-order valence-electron chi connectivity index (χ2n) is 10.1. The van der Waals surface area contributed by atoms with E-state index in [1.807, 2.05) is 31.2 Å². The average Bonchev–Trinajstić information content (AvgIpc) is 3.08. The van der Waals surface area contributed by atoms with Crippen LogP contribution in [-0.2, 0) is 18.9 Å². The van der Waals surface area contributed by atoms with Crippen LogP contribution in [0.1, 0.15) is 36.6 Å². The maximum Gasteiger partial charge on any atom is 0.338 e. The van der Waals surface area contributed by atoms with Gasteiger partial charge in [0.25, 0.3) is 0 Å². The molecule has 0 aliphatic carbocycles. The Morgan fingerprint density at radius 1 is 0.689 bits per heavy atom. The van der Waals surface area contributed by atoms with E-state index in [0.717, 1.165) is 10.5 Å². The van der Waals surface area contributed by atoms with Gasteiger partial charge in [0.2, 0.25) is 0 Å². The van der Waals surface area contributed by atoms with Crippen molar-refractivity contribution in [2.45, 2.75) is 41.7 Å². The maximum atomic E-state index is 13.5. The Kier molecular flexibility index (Phi) is 10.5. The molecule has 4 aromatic carbocycles. The van der Waals surface area contributed by atoms with E-state index in [2.05, 4.69) is 10.0 Å². The molecule has 10 nitrogen and oxygen atoms in total. The third-order valence-corrected chi connectivity index (χ3v) is 8.10. The lowest BCUT2D eigenvalue weighted by Crippen LogP contribution is -2.61. The number of hydrogen-bond acceptors (Lipinski definition) is 9. The molecule has 45 heavy (non-hydrogen) atoms. The lowest BCUT2D eigenvalue weighted by atomic mass is 9.98. The molecule has 1 fully saturated rings. The van der Waals surface area contributed by atoms with E-state index in [-0.39, 0.29) is 23.2 Å². The molecule has 0 amide bonds. The molecule has 0 N–H and O–H groups in total. The summed E-state index contributed by atoms with van der Waals surface area (Å²) in [5.74, 6) is -2.15. The summed E-state index contributed by atoms with van der Waals surface area (Å²) < 4.78 is 24.4. The second kappa shape index (κ2) is 15.1. The first-order valence-electron chi connectivity index (χ1n) is 14.1. The second-order valence-corrected chi connectivity index (χ2v) is 11.3. The number of hydrogen-bond donors (Lipinski definition) is 0. The van der Waals surface area contributed by atoms with Gasteiger partial charge < -0.3 is 18.9 Å². The van der Waals surface area contributed by atoms with Crippen molar-refractivity contribution in [1.29, 1.82) is 0 Å². The molecule has 1 aliphatic rings. The predicted octanol–water partition coefficient (Wildman–Crippen LogP) is 6.80. The van der Waals surface area contributed by atoms with Gasteiger partial charge in [-0.15, -0.1) is 0 Å². The van der Waals surface area contributed by atoms with Gasteiger partial charge in [-0.3, -0.25) is 0 Å². The molecule has 11 heteroatoms. The first-order valence-corrected chi connectivity index (χ1v) is 15.0. The van der Waals surface area contributed by atoms with E-state index in [1.54, 1.807) is 91.0 Å². The van der Waals surface area contributed by atoms with Gasteiger partial charge in [-0.25, -0.2) is 14.4 Å². The van der Waals surface area contributed by atoms with Crippen LogP contribution in [0.5, 0.6) is 0 Å². The van der Waals surface area contributed by atoms with E-state index in [1.165, 1.54) is 11.8 Å². The molecule has 1 saturated heterocycles. The largest absolute Gasteiger partial charge is 0.452 e. The van der Waals surface area contributed by atoms with Crippen molar-refractivity contribution in [3.8, 4) is 0 Å². The number of azide groups is 1. The molecule has 5 atom stereocenters. The molecule has 0 aromatic heterocycles. The summed E-state index contributed by atoms with van der Waals surface area (Å²) in [7, 11) is 0. The SMILES string of the molecule is Cc1ccc(S[C@H]2O[C@H](CN=[N+]=[N-])[C@@H](OC(=O)c3ccccc3)[C@H](OC(=O)c3ccccc3)[C@@H]2OC(=O)c2ccccc2)cc1. The minimum atomic E-state index is -1.35. The summed E-state index contributed by atoms with van der Waals surface area (Å²) in [5.41, 5.74) is 9.98. The van der Waals surface area contributed by atoms with Crippen molar-refractivity contribution in [3.63, 3.8) is 0 Å². The predicted molar refractivity (Wildman–Crippen MR) is 167 cm³/mol. The van der Waals surface area contributed by atoms with Gasteiger partial charge in [0, 0.05) is 9.81 Å². The Morgan fingerprint density at radius 2 is 1.13 bits per heavy atom. The molecular weight excluding hydrogens is 594 g/mol. The minimum Gasteiger partial charge on any atom is -0.452 e. The highest BCUT2D eigenvalue weighted by molar-refractivity contribution is 7.99. The lowest BCUT2D eigenvalue weighted by Gasteiger charge is -2.44. The molecule has 0 unspecified atom stereocenters. The normalized spacial score (nSPS) is 20.7. The molecule has 4 aromatic rings. The molecule has 0 radical (unpaired) electrons. The number of aryl methyl sites for hydroxylation is 1. The van der Waals surface area contributed by atoms with Crippen LogP contribution >= 0.6 is 11.8 Å². The van der Waals surface area contributed by atoms with E-state index in [4.69, 9.17) is 24.5 Å². The molecule has 0 bridgehead atoms. The lowest BCUT2D eigenvalue weighted by molar-refractivity contribution is -0.196. The molecule has 228 valence electrons. The van der Waals surface area contributed by atoms with E-state index >= 15 is 0 Å². The average molecular weight is 624 g/mol. The van der Waals surface area contributed by atoms with Crippen molar-refractivity contribution in [2.75, 3.05) is 6.54 Å². The molecule has 0 saturated carbocycles. The summed E-state index contributed by atoms with van der Waals surface area (Å²) in [4.78, 5) is 44.0. The van der Waals surface area contributed by atoms with Gasteiger partial charge in [-0.05, 0) is 61.0 Å². The van der Waals surface area contributed by atoms with E-state index in [9.17, 15) is 14.4 Å². The zero-order valence-corrected chi connectivity index (χ0v) is 25.0. The smallest absolute Gasteiger partial charge is 0.338 e. The van der Waals surface area contributed by atoms with Crippen LogP contribution in [0, 0.1) is 6.92 Å². The summed E-state index contributed by atoms with van der Waals surface area (Å²) in [6, 6.07) is 32.5. The van der Waals surface area contributed by atoms with Crippen LogP contribution in [-0.4, -0.2) is 54.3 Å². The third-order valence-electron chi connectivity index (χ3n) is 6.95. The number of thioether (sulfide) groups is 1. The van der Waals surface area contributed by atoms with Crippen molar-refractivity contribution >= 4 is 29.7 Å². The molecule has 1 aliphatic heterocycles. The Bertz CT molecular complexity index is 1650. The number of nitrogens with zero attached hydrogens (tertiary/aromatic N) is 3. The van der Waals surface area contributed by atoms with Gasteiger partial charge >= 0.3 is 17.9 Å². The fourth-order valence-corrected chi connectivity index (χ4v) is 5.79. The zero-order chi connectivity index (χ0) is 31.6. The van der Waals surface area contributed by atoms with Crippen LogP contribution in [0.2, 0.25) is 0 Å². The van der Waals surface area contributed by atoms with Gasteiger partial charge in [-0.2, -0.15) is 0 Å². The highest BCUT2D eigenvalue weighted by atomic mass is 32.2. The molecule has 1 heterocycles. The summed E-state index contributed by atoms with van der Waals surface area (Å²) in [6.07, 6.45) is -4.99. The quantitative estimate of drug-likeness (QED) is 0.0618. The van der Waals surface area contributed by atoms with Crippen LogP contribution < -0.4 is 0 Å². The minimum absolute atomic E-state index is 0.236. The van der Waals surface area contributed by atoms with Gasteiger partial charge in [0.05, 0.1) is 23.2 Å². The van der Waals surface area contributed by atoms with E-state index in [0.29, 0.717) is 0 Å². The fraction of sp³-hybridized carbons (Fsp3) is 0.206. The van der Waals surface area contributed by atoms with Crippen molar-refractivity contribution < 1.29 is 33.3 Å². The number of rotatable bonds is 10. The maximum absolute atomic E-state index is 13.5. The van der Waals surface area contributed by atoms with Gasteiger partial charge in [-0.1, -0.05) is 89.2 Å². The Hall–Kier alpha value is -5.09. The van der Waals surface area contributed by atoms with Crippen molar-refractivity contribution in [1.82, 2.24) is 0 Å². The van der Waals surface area contributed by atoms with Crippen LogP contribution in [0.15, 0.2) is 125 Å². The van der Waals surface area contributed by atoms with Crippen LogP contribution in [0.25, 0.3) is 10.4 Å². The Labute approximate surface area is 263 Å². The monoisotopic (exact) mass is 623 g/mol. The number of benzene rings is 4. The standard InChI is InChI=1S/C34H29N3O7S/c1-22-17-19-26(20-18-22)45-34-30(44-33(40)25-15-9-4-10-16-25)29(43-32(39)24-13-7-3-8-14-24)28(27(41-34)21-36-37-35)42-31(38)23-11-5-2-6-12-23/h2-20,27-30,34H,21H2,1H3/t27-,28-,29+,30+,34-/m1/s1. The highest BCUT2D eigenvalue weighted by Gasteiger charge is 2.52. The fourth-order valence-electron chi connectivity index (χ4n) is 4.69. The first kappa shape index (κ1) is 31.3. The third kappa shape index (κ3) is 8.10. The van der Waals surface area contributed by atoms with E-state index < -0.39 is 47.8 Å². The Morgan fingerprint density at radius 3 is 1.60 bits per heavy atom. The number of carbonyl (C=O) groups excluding carboxylic acids is 3. The van der Waals surface area contributed by atoms with Crippen molar-refractivity contribution in [2.24, 2.45) is 5.11 Å². The zero-order valence-electron chi connectivity index (χ0n) is 24.2. The van der Waals surface area contributed by atoms with Gasteiger partial charge in [0.1, 0.15) is 11.5 Å². The number of ether oxygens (including phenoxy) is 4. The summed E-state index contributed by atoms with van der Waals surface area (Å²) >= 11 is 1.23. The summed E-state index contributed by atoms with van der Waals surface area (Å²) in [5, 5.41) is 3.69. The molecule has 0 spiro atoms. The highest BCUT2D eigenvalue weighted by Crippen LogP contribution is 2.38. The van der Waals surface area contributed by atoms with Crippen LogP contribution in [0.4, 0.5) is 0 Å². The Balaban J connectivity index is 1.58. The summed E-state index contributed by atoms with van der Waals surface area (Å²) in [6.45, 7) is 1.70. The molecular formula is C34H29N3O7S. The number of esters is 3. The number of carbonyl (C=O) groups is 3. The first-order chi connectivity index (χ1) is 21.9. The van der Waals surface area contributed by atoms with Crippen molar-refractivity contribution in [3.05, 3.63) is 148 Å².